The van der Waals surface area contributed by atoms with Crippen molar-refractivity contribution in [2.75, 3.05) is 11.4 Å². The minimum absolute atomic E-state index is 0.0163. The Balaban J connectivity index is 1.52. The van der Waals surface area contributed by atoms with Crippen molar-refractivity contribution < 1.29 is 13.2 Å². The summed E-state index contributed by atoms with van der Waals surface area (Å²) in [5.74, 6) is -0.373. The Kier molecular flexibility index (Phi) is 5.95. The summed E-state index contributed by atoms with van der Waals surface area (Å²) in [7, 11) is -2.42. The second-order valence-electron chi connectivity index (χ2n) is 6.74. The van der Waals surface area contributed by atoms with Crippen LogP contribution in [0.2, 0.25) is 5.02 Å². The number of amides is 1. The zero-order chi connectivity index (χ0) is 22.0. The molecule has 0 saturated heterocycles. The Labute approximate surface area is 189 Å². The summed E-state index contributed by atoms with van der Waals surface area (Å²) in [5.41, 5.74) is 1.56. The lowest BCUT2D eigenvalue weighted by atomic mass is 10.2. The van der Waals surface area contributed by atoms with Crippen molar-refractivity contribution in [3.8, 4) is 0 Å². The number of para-hydroxylation sites is 1. The van der Waals surface area contributed by atoms with Crippen molar-refractivity contribution in [2.24, 2.45) is 0 Å². The van der Waals surface area contributed by atoms with E-state index in [1.54, 1.807) is 36.4 Å². The van der Waals surface area contributed by atoms with Crippen LogP contribution in [0.1, 0.15) is 15.4 Å². The standard InChI is InChI=1S/C22H18ClN3O3S2/c1-26(17-8-5-7-16(23)13-17)31(28,29)18-9-4-6-15(12-18)22(27)24-14-21-25-19-10-2-3-11-20(19)30-21/h2-13H,14H2,1H3,(H,24,27). The van der Waals surface area contributed by atoms with Gasteiger partial charge in [0, 0.05) is 17.6 Å². The van der Waals surface area contributed by atoms with Crippen molar-refractivity contribution in [1.29, 1.82) is 0 Å². The predicted molar refractivity (Wildman–Crippen MR) is 124 cm³/mol. The first-order chi connectivity index (χ1) is 14.8. The number of fused-ring (bicyclic) bond motifs is 1. The van der Waals surface area contributed by atoms with Gasteiger partial charge in [-0.2, -0.15) is 0 Å². The third-order valence-corrected chi connectivity index (χ3v) is 7.72. The highest BCUT2D eigenvalue weighted by Gasteiger charge is 2.22. The Hall–Kier alpha value is -2.94. The highest BCUT2D eigenvalue weighted by atomic mass is 35.5. The number of nitrogens with zero attached hydrogens (tertiary/aromatic N) is 2. The molecule has 0 aliphatic carbocycles. The maximum absolute atomic E-state index is 13.0. The smallest absolute Gasteiger partial charge is 0.264 e. The summed E-state index contributed by atoms with van der Waals surface area (Å²) in [6.07, 6.45) is 0. The van der Waals surface area contributed by atoms with Crippen molar-refractivity contribution >= 4 is 54.8 Å². The Morgan fingerprint density at radius 1 is 1.06 bits per heavy atom. The number of sulfonamides is 1. The van der Waals surface area contributed by atoms with Gasteiger partial charge < -0.3 is 5.32 Å². The van der Waals surface area contributed by atoms with Gasteiger partial charge in [0.2, 0.25) is 0 Å². The van der Waals surface area contributed by atoms with Gasteiger partial charge in [0.05, 0.1) is 27.3 Å². The number of halogens is 1. The number of hydrogen-bond acceptors (Lipinski definition) is 5. The lowest BCUT2D eigenvalue weighted by Crippen LogP contribution is -2.27. The zero-order valence-electron chi connectivity index (χ0n) is 16.4. The Bertz CT molecular complexity index is 1340. The summed E-state index contributed by atoms with van der Waals surface area (Å²) in [6, 6.07) is 20.3. The van der Waals surface area contributed by atoms with Gasteiger partial charge >= 0.3 is 0 Å². The second kappa shape index (κ2) is 8.66. The molecular formula is C22H18ClN3O3S2. The molecule has 4 rings (SSSR count). The van der Waals surface area contributed by atoms with Crippen LogP contribution in [0.4, 0.5) is 5.69 Å². The van der Waals surface area contributed by atoms with Crippen LogP contribution in [0.15, 0.2) is 77.7 Å². The molecule has 31 heavy (non-hydrogen) atoms. The molecule has 1 N–H and O–H groups in total. The van der Waals surface area contributed by atoms with Crippen molar-refractivity contribution in [2.45, 2.75) is 11.4 Å². The SMILES string of the molecule is CN(c1cccc(Cl)c1)S(=O)(=O)c1cccc(C(=O)NCc2nc3ccccc3s2)c1. The van der Waals surface area contributed by atoms with Gasteiger partial charge in [-0.15, -0.1) is 11.3 Å². The van der Waals surface area contributed by atoms with E-state index in [9.17, 15) is 13.2 Å². The van der Waals surface area contributed by atoms with E-state index in [-0.39, 0.29) is 22.9 Å². The van der Waals surface area contributed by atoms with Crippen LogP contribution in [-0.4, -0.2) is 26.4 Å². The van der Waals surface area contributed by atoms with E-state index >= 15 is 0 Å². The van der Waals surface area contributed by atoms with E-state index in [0.29, 0.717) is 10.7 Å². The Morgan fingerprint density at radius 2 is 1.84 bits per heavy atom. The molecular weight excluding hydrogens is 454 g/mol. The molecule has 0 aliphatic rings. The zero-order valence-corrected chi connectivity index (χ0v) is 18.8. The molecule has 1 heterocycles. The van der Waals surface area contributed by atoms with Gasteiger partial charge in [-0.25, -0.2) is 13.4 Å². The van der Waals surface area contributed by atoms with E-state index in [1.165, 1.54) is 30.5 Å². The fraction of sp³-hybridized carbons (Fsp3) is 0.0909. The number of carbonyl (C=O) groups excluding carboxylic acids is 1. The van der Waals surface area contributed by atoms with Crippen molar-refractivity contribution in [3.05, 3.63) is 88.4 Å². The molecule has 4 aromatic rings. The number of rotatable bonds is 6. The minimum atomic E-state index is -3.86. The quantitative estimate of drug-likeness (QED) is 0.442. The van der Waals surface area contributed by atoms with Crippen LogP contribution in [0.5, 0.6) is 0 Å². The molecule has 0 atom stereocenters. The van der Waals surface area contributed by atoms with E-state index in [1.807, 2.05) is 24.3 Å². The number of benzene rings is 3. The van der Waals surface area contributed by atoms with Crippen LogP contribution in [0.3, 0.4) is 0 Å². The van der Waals surface area contributed by atoms with Gasteiger partial charge in [-0.05, 0) is 48.5 Å². The van der Waals surface area contributed by atoms with Crippen LogP contribution in [-0.2, 0) is 16.6 Å². The van der Waals surface area contributed by atoms with Crippen LogP contribution >= 0.6 is 22.9 Å². The van der Waals surface area contributed by atoms with E-state index < -0.39 is 10.0 Å². The second-order valence-corrected chi connectivity index (χ2v) is 10.3. The largest absolute Gasteiger partial charge is 0.346 e. The number of thiazole rings is 1. The molecule has 158 valence electrons. The van der Waals surface area contributed by atoms with E-state index in [2.05, 4.69) is 10.3 Å². The first-order valence-electron chi connectivity index (χ1n) is 9.32. The first kappa shape index (κ1) is 21.3. The number of nitrogens with one attached hydrogen (secondary N) is 1. The number of aromatic nitrogens is 1. The van der Waals surface area contributed by atoms with Gasteiger partial charge in [-0.3, -0.25) is 9.10 Å². The molecule has 0 fully saturated rings. The highest BCUT2D eigenvalue weighted by molar-refractivity contribution is 7.92. The predicted octanol–water partition coefficient (Wildman–Crippen LogP) is 4.70. The molecule has 3 aromatic carbocycles. The van der Waals surface area contributed by atoms with Gasteiger partial charge in [0.25, 0.3) is 15.9 Å². The average Bonchev–Trinajstić information content (AvgIpc) is 3.20. The first-order valence-corrected chi connectivity index (χ1v) is 12.0. The lowest BCUT2D eigenvalue weighted by molar-refractivity contribution is 0.0950. The molecule has 0 saturated carbocycles. The van der Waals surface area contributed by atoms with E-state index in [4.69, 9.17) is 11.6 Å². The molecule has 1 aromatic heterocycles. The fourth-order valence-electron chi connectivity index (χ4n) is 3.02. The monoisotopic (exact) mass is 471 g/mol. The van der Waals surface area contributed by atoms with Crippen molar-refractivity contribution in [1.82, 2.24) is 10.3 Å². The fourth-order valence-corrected chi connectivity index (χ4v) is 5.35. The summed E-state index contributed by atoms with van der Waals surface area (Å²) in [6.45, 7) is 0.261. The van der Waals surface area contributed by atoms with Crippen LogP contribution < -0.4 is 9.62 Å². The maximum Gasteiger partial charge on any atom is 0.264 e. The molecule has 0 radical (unpaired) electrons. The minimum Gasteiger partial charge on any atom is -0.346 e. The molecule has 0 unspecified atom stereocenters. The Morgan fingerprint density at radius 3 is 2.61 bits per heavy atom. The molecule has 1 amide bonds. The van der Waals surface area contributed by atoms with Gasteiger partial charge in [0.1, 0.15) is 5.01 Å². The number of hydrogen-bond donors (Lipinski definition) is 1. The van der Waals surface area contributed by atoms with Gasteiger partial charge in [0.15, 0.2) is 0 Å². The molecule has 0 spiro atoms. The lowest BCUT2D eigenvalue weighted by Gasteiger charge is -2.20. The van der Waals surface area contributed by atoms with E-state index in [0.717, 1.165) is 19.5 Å². The van der Waals surface area contributed by atoms with Crippen LogP contribution in [0, 0.1) is 0 Å². The molecule has 9 heteroatoms. The van der Waals surface area contributed by atoms with Crippen LogP contribution in [0.25, 0.3) is 10.2 Å². The number of anilines is 1. The summed E-state index contributed by atoms with van der Waals surface area (Å²) in [4.78, 5) is 17.1. The van der Waals surface area contributed by atoms with Crippen molar-refractivity contribution in [3.63, 3.8) is 0 Å². The molecule has 0 bridgehead atoms. The topological polar surface area (TPSA) is 79.4 Å². The average molecular weight is 472 g/mol. The maximum atomic E-state index is 13.0. The van der Waals surface area contributed by atoms with Gasteiger partial charge in [-0.1, -0.05) is 35.9 Å². The molecule has 6 nitrogen and oxygen atoms in total. The highest BCUT2D eigenvalue weighted by Crippen LogP contribution is 2.25. The summed E-state index contributed by atoms with van der Waals surface area (Å²) < 4.78 is 28.3. The molecule has 0 aliphatic heterocycles. The summed E-state index contributed by atoms with van der Waals surface area (Å²) in [5, 5.41) is 4.02. The number of carbonyl (C=O) groups is 1. The summed E-state index contributed by atoms with van der Waals surface area (Å²) >= 11 is 7.49. The normalized spacial score (nSPS) is 11.4. The third kappa shape index (κ3) is 4.56. The third-order valence-electron chi connectivity index (χ3n) is 4.66.